The van der Waals surface area contributed by atoms with E-state index in [4.69, 9.17) is 9.15 Å². The molecule has 1 N–H and O–H groups in total. The summed E-state index contributed by atoms with van der Waals surface area (Å²) in [6.07, 6.45) is 2.21. The first-order valence-corrected chi connectivity index (χ1v) is 6.85. The van der Waals surface area contributed by atoms with Gasteiger partial charge in [-0.3, -0.25) is 0 Å². The van der Waals surface area contributed by atoms with Gasteiger partial charge in [0.2, 0.25) is 0 Å². The third kappa shape index (κ3) is 2.46. The van der Waals surface area contributed by atoms with Crippen LogP contribution in [0.3, 0.4) is 0 Å². The summed E-state index contributed by atoms with van der Waals surface area (Å²) in [7, 11) is 0. The zero-order chi connectivity index (χ0) is 13.9. The molecule has 1 aliphatic heterocycles. The van der Waals surface area contributed by atoms with Gasteiger partial charge in [0.25, 0.3) is 5.71 Å². The maximum absolute atomic E-state index is 9.36. The number of nitrogens with zero attached hydrogens (tertiary/aromatic N) is 4. The second-order valence-corrected chi connectivity index (χ2v) is 4.88. The van der Waals surface area contributed by atoms with Gasteiger partial charge in [-0.05, 0) is 0 Å². The number of oxazole rings is 1. The van der Waals surface area contributed by atoms with Crippen molar-refractivity contribution in [2.75, 3.05) is 37.8 Å². The smallest absolute Gasteiger partial charge is 0.252 e. The lowest BCUT2D eigenvalue weighted by Gasteiger charge is -2.23. The number of aromatic nitrogens is 3. The summed E-state index contributed by atoms with van der Waals surface area (Å²) < 4.78 is 11.1. The Balaban J connectivity index is 1.97. The molecule has 0 aliphatic carbocycles. The van der Waals surface area contributed by atoms with Crippen LogP contribution in [-0.2, 0) is 11.2 Å². The molecule has 0 aromatic carbocycles. The van der Waals surface area contributed by atoms with Gasteiger partial charge >= 0.3 is 0 Å². The number of ether oxygens (including phenoxy) is 1. The molecule has 3 rings (SSSR count). The zero-order valence-electron chi connectivity index (χ0n) is 11.4. The molecule has 1 fully saturated rings. The highest BCUT2D eigenvalue weighted by atomic mass is 16.5. The molecule has 1 unspecified atom stereocenters. The number of hydrogen-bond donors (Lipinski definition) is 1. The highest BCUT2D eigenvalue weighted by Gasteiger charge is 2.22. The van der Waals surface area contributed by atoms with Crippen molar-refractivity contribution >= 4 is 17.0 Å². The summed E-state index contributed by atoms with van der Waals surface area (Å²) in [6, 6.07) is 0. The van der Waals surface area contributed by atoms with Crippen LogP contribution in [0.15, 0.2) is 10.7 Å². The maximum Gasteiger partial charge on any atom is 0.252 e. The number of rotatable bonds is 3. The van der Waals surface area contributed by atoms with Gasteiger partial charge in [-0.2, -0.15) is 4.98 Å². The van der Waals surface area contributed by atoms with Crippen molar-refractivity contribution in [3.8, 4) is 0 Å². The SMILES string of the molecule is CCc1nc2c(N3CCOCC(CO)C3)ncnc2o1. The Morgan fingerprint density at radius 2 is 2.35 bits per heavy atom. The van der Waals surface area contributed by atoms with Gasteiger partial charge in [0.05, 0.1) is 13.2 Å². The van der Waals surface area contributed by atoms with Gasteiger partial charge in [0.15, 0.2) is 17.2 Å². The van der Waals surface area contributed by atoms with Crippen molar-refractivity contribution in [3.63, 3.8) is 0 Å². The van der Waals surface area contributed by atoms with E-state index >= 15 is 0 Å². The molecule has 1 saturated heterocycles. The number of aryl methyl sites for hydroxylation is 1. The Morgan fingerprint density at radius 3 is 3.15 bits per heavy atom. The molecular weight excluding hydrogens is 260 g/mol. The lowest BCUT2D eigenvalue weighted by atomic mass is 10.1. The fraction of sp³-hybridized carbons (Fsp3) is 0.615. The Hall–Kier alpha value is -1.73. The normalized spacial score (nSPS) is 20.3. The molecule has 20 heavy (non-hydrogen) atoms. The topological polar surface area (TPSA) is 84.5 Å². The lowest BCUT2D eigenvalue weighted by molar-refractivity contribution is 0.0959. The van der Waals surface area contributed by atoms with Crippen molar-refractivity contribution in [2.45, 2.75) is 13.3 Å². The molecule has 0 bridgehead atoms. The summed E-state index contributed by atoms with van der Waals surface area (Å²) in [5.74, 6) is 1.49. The number of anilines is 1. The highest BCUT2D eigenvalue weighted by Crippen LogP contribution is 2.24. The number of fused-ring (bicyclic) bond motifs is 1. The molecule has 1 atom stereocenters. The van der Waals surface area contributed by atoms with Crippen molar-refractivity contribution in [3.05, 3.63) is 12.2 Å². The van der Waals surface area contributed by atoms with Gasteiger partial charge in [-0.1, -0.05) is 6.92 Å². The quantitative estimate of drug-likeness (QED) is 0.881. The van der Waals surface area contributed by atoms with E-state index in [-0.39, 0.29) is 12.5 Å². The van der Waals surface area contributed by atoms with Gasteiger partial charge in [0, 0.05) is 32.0 Å². The van der Waals surface area contributed by atoms with Crippen LogP contribution in [0, 0.1) is 5.92 Å². The van der Waals surface area contributed by atoms with Crippen LogP contribution in [0.4, 0.5) is 5.82 Å². The van der Waals surface area contributed by atoms with Gasteiger partial charge in [-0.15, -0.1) is 0 Å². The van der Waals surface area contributed by atoms with Crippen LogP contribution in [0.2, 0.25) is 0 Å². The van der Waals surface area contributed by atoms with E-state index in [0.29, 0.717) is 36.9 Å². The predicted molar refractivity (Wildman–Crippen MR) is 72.6 cm³/mol. The van der Waals surface area contributed by atoms with E-state index in [1.54, 1.807) is 0 Å². The minimum Gasteiger partial charge on any atom is -0.422 e. The van der Waals surface area contributed by atoms with Crippen LogP contribution in [0.1, 0.15) is 12.8 Å². The number of aliphatic hydroxyl groups is 1. The van der Waals surface area contributed by atoms with E-state index in [1.165, 1.54) is 6.33 Å². The van der Waals surface area contributed by atoms with E-state index in [9.17, 15) is 5.11 Å². The van der Waals surface area contributed by atoms with E-state index in [1.807, 2.05) is 6.92 Å². The molecule has 1 aliphatic rings. The molecule has 108 valence electrons. The fourth-order valence-corrected chi connectivity index (χ4v) is 2.35. The Morgan fingerprint density at radius 1 is 1.45 bits per heavy atom. The van der Waals surface area contributed by atoms with Crippen molar-refractivity contribution in [1.82, 2.24) is 15.0 Å². The Labute approximate surface area is 116 Å². The van der Waals surface area contributed by atoms with E-state index in [0.717, 1.165) is 18.8 Å². The first-order valence-electron chi connectivity index (χ1n) is 6.85. The predicted octanol–water partition coefficient (Wildman–Crippen LogP) is 0.625. The standard InChI is InChI=1S/C13H18N4O3/c1-2-10-16-11-12(14-8-15-13(11)20-10)17-3-4-19-7-9(5-17)6-18/h8-9,18H,2-7H2,1H3. The summed E-state index contributed by atoms with van der Waals surface area (Å²) in [6.45, 7) is 4.68. The third-order valence-corrected chi connectivity index (χ3v) is 3.42. The maximum atomic E-state index is 9.36. The zero-order valence-corrected chi connectivity index (χ0v) is 11.4. The number of aliphatic hydroxyl groups excluding tert-OH is 1. The average Bonchev–Trinajstić information content (AvgIpc) is 2.76. The molecule has 0 radical (unpaired) electrons. The molecule has 3 heterocycles. The molecular formula is C13H18N4O3. The van der Waals surface area contributed by atoms with Crippen molar-refractivity contribution in [1.29, 1.82) is 0 Å². The number of hydrogen-bond acceptors (Lipinski definition) is 7. The second kappa shape index (κ2) is 5.72. The van der Waals surface area contributed by atoms with Crippen LogP contribution in [0.25, 0.3) is 11.2 Å². The highest BCUT2D eigenvalue weighted by molar-refractivity contribution is 5.81. The molecule has 2 aromatic rings. The Bertz CT molecular complexity index is 586. The van der Waals surface area contributed by atoms with Crippen LogP contribution >= 0.6 is 0 Å². The van der Waals surface area contributed by atoms with Crippen LogP contribution in [0.5, 0.6) is 0 Å². The molecule has 7 nitrogen and oxygen atoms in total. The van der Waals surface area contributed by atoms with Crippen molar-refractivity contribution in [2.24, 2.45) is 5.92 Å². The third-order valence-electron chi connectivity index (χ3n) is 3.42. The minimum atomic E-state index is 0.0834. The monoisotopic (exact) mass is 278 g/mol. The van der Waals surface area contributed by atoms with E-state index < -0.39 is 0 Å². The lowest BCUT2D eigenvalue weighted by Crippen LogP contribution is -2.32. The van der Waals surface area contributed by atoms with Gasteiger partial charge in [-0.25, -0.2) is 9.97 Å². The van der Waals surface area contributed by atoms with Gasteiger partial charge < -0.3 is 19.2 Å². The summed E-state index contributed by atoms with van der Waals surface area (Å²) in [4.78, 5) is 15.0. The average molecular weight is 278 g/mol. The largest absolute Gasteiger partial charge is 0.422 e. The Kier molecular flexibility index (Phi) is 3.79. The second-order valence-electron chi connectivity index (χ2n) is 4.88. The first-order chi connectivity index (χ1) is 9.81. The summed E-state index contributed by atoms with van der Waals surface area (Å²) in [5.41, 5.74) is 1.19. The van der Waals surface area contributed by atoms with Crippen molar-refractivity contribution < 1.29 is 14.3 Å². The first kappa shape index (κ1) is 13.3. The summed E-state index contributed by atoms with van der Waals surface area (Å²) in [5, 5.41) is 9.36. The summed E-state index contributed by atoms with van der Waals surface area (Å²) >= 11 is 0. The molecule has 0 spiro atoms. The molecule has 2 aromatic heterocycles. The van der Waals surface area contributed by atoms with Crippen LogP contribution < -0.4 is 4.90 Å². The van der Waals surface area contributed by atoms with Crippen LogP contribution in [-0.4, -0.2) is 53.0 Å². The molecule has 7 heteroatoms. The van der Waals surface area contributed by atoms with E-state index in [2.05, 4.69) is 19.9 Å². The molecule has 0 saturated carbocycles. The van der Waals surface area contributed by atoms with Gasteiger partial charge in [0.1, 0.15) is 6.33 Å². The fourth-order valence-electron chi connectivity index (χ4n) is 2.35. The minimum absolute atomic E-state index is 0.0834. The molecule has 0 amide bonds.